The van der Waals surface area contributed by atoms with Crippen molar-refractivity contribution >= 4 is 17.6 Å². The number of amides is 1. The summed E-state index contributed by atoms with van der Waals surface area (Å²) >= 11 is 0. The third-order valence-electron chi connectivity index (χ3n) is 2.94. The van der Waals surface area contributed by atoms with Crippen molar-refractivity contribution in [2.75, 3.05) is 7.11 Å². The Hall–Kier alpha value is -3.21. The first kappa shape index (κ1) is 16.2. The van der Waals surface area contributed by atoms with E-state index in [1.165, 1.54) is 7.11 Å². The maximum Gasteiger partial charge on any atom is 0.330 e. The molecule has 0 atom stereocenters. The number of benzene rings is 2. The summed E-state index contributed by atoms with van der Waals surface area (Å²) in [5.74, 6) is -1.12. The van der Waals surface area contributed by atoms with Crippen LogP contribution in [0.25, 0.3) is 0 Å². The zero-order valence-corrected chi connectivity index (χ0v) is 12.6. The minimum atomic E-state index is -0.601. The van der Waals surface area contributed by atoms with Crippen LogP contribution in [0.15, 0.2) is 77.9 Å². The lowest BCUT2D eigenvalue weighted by atomic mass is 10.0. The third kappa shape index (κ3) is 4.93. The highest BCUT2D eigenvalue weighted by Gasteiger charge is 2.07. The molecule has 0 radical (unpaired) electrons. The number of hydrogen-bond donors (Lipinski definition) is 1. The zero-order valence-electron chi connectivity index (χ0n) is 12.6. The molecule has 0 saturated heterocycles. The molecule has 0 unspecified atom stereocenters. The van der Waals surface area contributed by atoms with E-state index >= 15 is 0 Å². The molecule has 0 aliphatic heterocycles. The van der Waals surface area contributed by atoms with Crippen LogP contribution in [0.1, 0.15) is 11.1 Å². The molecule has 0 saturated carbocycles. The van der Waals surface area contributed by atoms with Crippen molar-refractivity contribution in [1.29, 1.82) is 0 Å². The SMILES string of the molecule is COC(=O)/C=C\C(=O)NN=C(c1ccccc1)c1ccccc1. The van der Waals surface area contributed by atoms with Gasteiger partial charge in [0.2, 0.25) is 0 Å². The van der Waals surface area contributed by atoms with Crippen LogP contribution in [0.5, 0.6) is 0 Å². The van der Waals surface area contributed by atoms with Gasteiger partial charge in [-0.15, -0.1) is 0 Å². The van der Waals surface area contributed by atoms with Crippen molar-refractivity contribution < 1.29 is 14.3 Å². The Morgan fingerprint density at radius 2 is 1.43 bits per heavy atom. The van der Waals surface area contributed by atoms with Gasteiger partial charge in [-0.3, -0.25) is 4.79 Å². The number of rotatable bonds is 5. The lowest BCUT2D eigenvalue weighted by Gasteiger charge is -2.07. The number of carbonyl (C=O) groups excluding carboxylic acids is 2. The van der Waals surface area contributed by atoms with Crippen LogP contribution in [-0.2, 0) is 14.3 Å². The average Bonchev–Trinajstić information content (AvgIpc) is 2.61. The molecular formula is C18H16N2O3. The van der Waals surface area contributed by atoms with Crippen molar-refractivity contribution in [2.24, 2.45) is 5.10 Å². The van der Waals surface area contributed by atoms with Gasteiger partial charge < -0.3 is 4.74 Å². The Balaban J connectivity index is 2.23. The molecule has 2 aromatic carbocycles. The molecule has 0 aromatic heterocycles. The summed E-state index contributed by atoms with van der Waals surface area (Å²) in [7, 11) is 1.24. The summed E-state index contributed by atoms with van der Waals surface area (Å²) in [6.07, 6.45) is 2.11. The van der Waals surface area contributed by atoms with Crippen LogP contribution >= 0.6 is 0 Å². The lowest BCUT2D eigenvalue weighted by Crippen LogP contribution is -2.18. The van der Waals surface area contributed by atoms with Gasteiger partial charge in [0.1, 0.15) is 0 Å². The Bertz CT molecular complexity index is 681. The second-order valence-corrected chi connectivity index (χ2v) is 4.53. The molecule has 5 heteroatoms. The second kappa shape index (κ2) is 8.29. The molecule has 0 bridgehead atoms. The number of nitrogens with zero attached hydrogens (tertiary/aromatic N) is 1. The topological polar surface area (TPSA) is 67.8 Å². The Labute approximate surface area is 134 Å². The van der Waals surface area contributed by atoms with Crippen molar-refractivity contribution in [3.05, 3.63) is 83.9 Å². The third-order valence-corrected chi connectivity index (χ3v) is 2.94. The second-order valence-electron chi connectivity index (χ2n) is 4.53. The van der Waals surface area contributed by atoms with Gasteiger partial charge in [0.25, 0.3) is 5.91 Å². The van der Waals surface area contributed by atoms with E-state index in [-0.39, 0.29) is 0 Å². The van der Waals surface area contributed by atoms with E-state index in [0.717, 1.165) is 23.3 Å². The molecule has 1 N–H and O–H groups in total. The van der Waals surface area contributed by atoms with E-state index in [0.29, 0.717) is 5.71 Å². The molecule has 0 heterocycles. The van der Waals surface area contributed by atoms with Gasteiger partial charge in [0.05, 0.1) is 12.8 Å². The van der Waals surface area contributed by atoms with E-state index < -0.39 is 11.9 Å². The van der Waals surface area contributed by atoms with Crippen LogP contribution in [-0.4, -0.2) is 24.7 Å². The number of hydrogen-bond acceptors (Lipinski definition) is 4. The molecule has 0 aliphatic carbocycles. The first-order valence-corrected chi connectivity index (χ1v) is 6.95. The summed E-state index contributed by atoms with van der Waals surface area (Å²) in [5.41, 5.74) is 4.79. The first-order chi connectivity index (χ1) is 11.2. The van der Waals surface area contributed by atoms with Gasteiger partial charge in [-0.05, 0) is 0 Å². The number of methoxy groups -OCH3 is 1. The molecule has 116 valence electrons. The fourth-order valence-corrected chi connectivity index (χ4v) is 1.85. The number of nitrogens with one attached hydrogen (secondary N) is 1. The van der Waals surface area contributed by atoms with Crippen LogP contribution in [0.2, 0.25) is 0 Å². The molecule has 23 heavy (non-hydrogen) atoms. The van der Waals surface area contributed by atoms with Gasteiger partial charge in [0.15, 0.2) is 0 Å². The molecule has 5 nitrogen and oxygen atoms in total. The minimum absolute atomic E-state index is 0.514. The molecule has 2 rings (SSSR count). The van der Waals surface area contributed by atoms with E-state index in [2.05, 4.69) is 15.3 Å². The smallest absolute Gasteiger partial charge is 0.330 e. The fraction of sp³-hybridized carbons (Fsp3) is 0.0556. The van der Waals surface area contributed by atoms with Crippen molar-refractivity contribution in [2.45, 2.75) is 0 Å². The van der Waals surface area contributed by atoms with E-state index in [1.807, 2.05) is 60.7 Å². The quantitative estimate of drug-likeness (QED) is 0.399. The minimum Gasteiger partial charge on any atom is -0.466 e. The molecule has 1 amide bonds. The summed E-state index contributed by atoms with van der Waals surface area (Å²) in [5, 5.41) is 4.18. The fourth-order valence-electron chi connectivity index (χ4n) is 1.85. The van der Waals surface area contributed by atoms with Gasteiger partial charge in [-0.25, -0.2) is 10.2 Å². The van der Waals surface area contributed by atoms with E-state index in [9.17, 15) is 9.59 Å². The standard InChI is InChI=1S/C18H16N2O3/c1-23-17(22)13-12-16(21)19-20-18(14-8-4-2-5-9-14)15-10-6-3-7-11-15/h2-13H,1H3,(H,19,21)/b13-12-. The van der Waals surface area contributed by atoms with Crippen LogP contribution < -0.4 is 5.43 Å². The largest absolute Gasteiger partial charge is 0.466 e. The Morgan fingerprint density at radius 3 is 1.91 bits per heavy atom. The van der Waals surface area contributed by atoms with E-state index in [1.54, 1.807) is 0 Å². The zero-order chi connectivity index (χ0) is 16.5. The number of ether oxygens (including phenoxy) is 1. The molecule has 0 aliphatic rings. The predicted molar refractivity (Wildman–Crippen MR) is 87.8 cm³/mol. The number of esters is 1. The monoisotopic (exact) mass is 308 g/mol. The summed E-state index contributed by atoms with van der Waals surface area (Å²) in [6, 6.07) is 19.0. The summed E-state index contributed by atoms with van der Waals surface area (Å²) < 4.78 is 4.42. The highest BCUT2D eigenvalue weighted by atomic mass is 16.5. The maximum atomic E-state index is 11.7. The highest BCUT2D eigenvalue weighted by molar-refractivity contribution is 6.13. The van der Waals surface area contributed by atoms with Gasteiger partial charge in [-0.2, -0.15) is 5.10 Å². The van der Waals surface area contributed by atoms with Crippen LogP contribution in [0.3, 0.4) is 0 Å². The first-order valence-electron chi connectivity index (χ1n) is 6.95. The Kier molecular flexibility index (Phi) is 5.82. The predicted octanol–water partition coefficient (Wildman–Crippen LogP) is 2.28. The van der Waals surface area contributed by atoms with Gasteiger partial charge in [0, 0.05) is 23.3 Å². The molecule has 0 fully saturated rings. The van der Waals surface area contributed by atoms with Crippen LogP contribution in [0, 0.1) is 0 Å². The highest BCUT2D eigenvalue weighted by Crippen LogP contribution is 2.10. The van der Waals surface area contributed by atoms with Crippen molar-refractivity contribution in [3.8, 4) is 0 Å². The molecule has 2 aromatic rings. The normalized spacial score (nSPS) is 10.1. The maximum absolute atomic E-state index is 11.7. The molecule has 0 spiro atoms. The Morgan fingerprint density at radius 1 is 0.913 bits per heavy atom. The summed E-state index contributed by atoms with van der Waals surface area (Å²) in [6.45, 7) is 0. The van der Waals surface area contributed by atoms with Crippen LogP contribution in [0.4, 0.5) is 0 Å². The van der Waals surface area contributed by atoms with Crippen molar-refractivity contribution in [1.82, 2.24) is 5.43 Å². The van der Waals surface area contributed by atoms with Gasteiger partial charge >= 0.3 is 5.97 Å². The molecular weight excluding hydrogens is 292 g/mol. The number of carbonyl (C=O) groups is 2. The lowest BCUT2D eigenvalue weighted by molar-refractivity contribution is -0.135. The number of hydrazone groups is 1. The van der Waals surface area contributed by atoms with E-state index in [4.69, 9.17) is 0 Å². The van der Waals surface area contributed by atoms with Crippen molar-refractivity contribution in [3.63, 3.8) is 0 Å². The van der Waals surface area contributed by atoms with Gasteiger partial charge in [-0.1, -0.05) is 60.7 Å². The average molecular weight is 308 g/mol. The summed E-state index contributed by atoms with van der Waals surface area (Å²) in [4.78, 5) is 22.7.